The third-order valence-corrected chi connectivity index (χ3v) is 4.26. The summed E-state index contributed by atoms with van der Waals surface area (Å²) in [6.45, 7) is 5.58. The van der Waals surface area contributed by atoms with Crippen LogP contribution >= 0.6 is 0 Å². The molecule has 3 nitrogen and oxygen atoms in total. The first-order chi connectivity index (χ1) is 9.72. The zero-order chi connectivity index (χ0) is 14.4. The van der Waals surface area contributed by atoms with E-state index in [0.717, 1.165) is 24.8 Å². The molecule has 2 unspecified atom stereocenters. The van der Waals surface area contributed by atoms with Gasteiger partial charge < -0.3 is 10.5 Å². The van der Waals surface area contributed by atoms with E-state index in [1.165, 1.54) is 31.4 Å². The fourth-order valence-corrected chi connectivity index (χ4v) is 2.90. The standard InChI is InChI=1S/C16H25FN2O/c1-2-13-7-8-19(15(11-13)12-18)9-10-20-16-5-3-14(17)4-6-16/h3-6,13,15H,2,7-12,18H2,1H3. The summed E-state index contributed by atoms with van der Waals surface area (Å²) in [5.41, 5.74) is 5.89. The van der Waals surface area contributed by atoms with Crippen molar-refractivity contribution in [3.8, 4) is 5.75 Å². The normalized spacial score (nSPS) is 23.8. The molecule has 20 heavy (non-hydrogen) atoms. The van der Waals surface area contributed by atoms with Gasteiger partial charge in [0.2, 0.25) is 0 Å². The first-order valence-electron chi connectivity index (χ1n) is 7.55. The first kappa shape index (κ1) is 15.3. The molecule has 4 heteroatoms. The minimum absolute atomic E-state index is 0.234. The Balaban J connectivity index is 1.76. The van der Waals surface area contributed by atoms with Gasteiger partial charge in [-0.15, -0.1) is 0 Å². The smallest absolute Gasteiger partial charge is 0.123 e. The number of likely N-dealkylation sites (tertiary alicyclic amines) is 1. The lowest BCUT2D eigenvalue weighted by Crippen LogP contribution is -2.48. The second-order valence-corrected chi connectivity index (χ2v) is 5.53. The number of halogens is 1. The summed E-state index contributed by atoms with van der Waals surface area (Å²) < 4.78 is 18.4. The summed E-state index contributed by atoms with van der Waals surface area (Å²) >= 11 is 0. The maximum absolute atomic E-state index is 12.8. The predicted molar refractivity (Wildman–Crippen MR) is 79.3 cm³/mol. The van der Waals surface area contributed by atoms with Crippen LogP contribution in [0, 0.1) is 11.7 Å². The molecular formula is C16H25FN2O. The van der Waals surface area contributed by atoms with Gasteiger partial charge in [-0.2, -0.15) is 0 Å². The summed E-state index contributed by atoms with van der Waals surface area (Å²) in [5, 5.41) is 0. The quantitative estimate of drug-likeness (QED) is 0.870. The molecule has 0 aromatic heterocycles. The van der Waals surface area contributed by atoms with Crippen molar-refractivity contribution in [1.29, 1.82) is 0 Å². The second-order valence-electron chi connectivity index (χ2n) is 5.53. The fourth-order valence-electron chi connectivity index (χ4n) is 2.90. The average Bonchev–Trinajstić information content (AvgIpc) is 2.49. The fraction of sp³-hybridized carbons (Fsp3) is 0.625. The van der Waals surface area contributed by atoms with E-state index in [1.54, 1.807) is 12.1 Å². The van der Waals surface area contributed by atoms with Crippen LogP contribution in [0.3, 0.4) is 0 Å². The molecule has 2 N–H and O–H groups in total. The molecule has 2 atom stereocenters. The summed E-state index contributed by atoms with van der Waals surface area (Å²) in [6.07, 6.45) is 3.70. The SMILES string of the molecule is CCC1CCN(CCOc2ccc(F)cc2)C(CN)C1. The minimum Gasteiger partial charge on any atom is -0.492 e. The van der Waals surface area contributed by atoms with E-state index >= 15 is 0 Å². The monoisotopic (exact) mass is 280 g/mol. The van der Waals surface area contributed by atoms with Crippen LogP contribution in [0.25, 0.3) is 0 Å². The van der Waals surface area contributed by atoms with Crippen molar-refractivity contribution < 1.29 is 9.13 Å². The number of piperidine rings is 1. The molecule has 0 spiro atoms. The molecule has 0 amide bonds. The minimum atomic E-state index is -0.234. The van der Waals surface area contributed by atoms with Gasteiger partial charge >= 0.3 is 0 Å². The van der Waals surface area contributed by atoms with E-state index in [-0.39, 0.29) is 5.82 Å². The Kier molecular flexibility index (Phi) is 5.80. The highest BCUT2D eigenvalue weighted by molar-refractivity contribution is 5.21. The summed E-state index contributed by atoms with van der Waals surface area (Å²) in [5.74, 6) is 1.30. The lowest BCUT2D eigenvalue weighted by atomic mass is 9.89. The van der Waals surface area contributed by atoms with Crippen molar-refractivity contribution in [3.63, 3.8) is 0 Å². The van der Waals surface area contributed by atoms with Crippen LogP contribution < -0.4 is 10.5 Å². The average molecular weight is 280 g/mol. The van der Waals surface area contributed by atoms with Crippen molar-refractivity contribution in [3.05, 3.63) is 30.1 Å². The highest BCUT2D eigenvalue weighted by atomic mass is 19.1. The van der Waals surface area contributed by atoms with Crippen LogP contribution in [0.5, 0.6) is 5.75 Å². The van der Waals surface area contributed by atoms with Gasteiger partial charge in [0, 0.05) is 19.1 Å². The van der Waals surface area contributed by atoms with Gasteiger partial charge in [-0.3, -0.25) is 4.90 Å². The topological polar surface area (TPSA) is 38.5 Å². The maximum Gasteiger partial charge on any atom is 0.123 e. The number of rotatable bonds is 6. The summed E-state index contributed by atoms with van der Waals surface area (Å²) in [4.78, 5) is 2.43. The van der Waals surface area contributed by atoms with Gasteiger partial charge in [-0.1, -0.05) is 13.3 Å². The predicted octanol–water partition coefficient (Wildman–Crippen LogP) is 2.65. The Morgan fingerprint density at radius 2 is 2.10 bits per heavy atom. The maximum atomic E-state index is 12.8. The van der Waals surface area contributed by atoms with E-state index in [9.17, 15) is 4.39 Å². The molecule has 2 rings (SSSR count). The molecular weight excluding hydrogens is 255 g/mol. The van der Waals surface area contributed by atoms with Crippen LogP contribution in [0.2, 0.25) is 0 Å². The highest BCUT2D eigenvalue weighted by Gasteiger charge is 2.26. The second kappa shape index (κ2) is 7.60. The Hall–Kier alpha value is -1.13. The summed E-state index contributed by atoms with van der Waals surface area (Å²) in [7, 11) is 0. The van der Waals surface area contributed by atoms with Crippen LogP contribution in [0.1, 0.15) is 26.2 Å². The van der Waals surface area contributed by atoms with Crippen LogP contribution in [0.4, 0.5) is 4.39 Å². The van der Waals surface area contributed by atoms with Crippen LogP contribution in [-0.4, -0.2) is 37.2 Å². The van der Waals surface area contributed by atoms with E-state index in [2.05, 4.69) is 11.8 Å². The van der Waals surface area contributed by atoms with Gasteiger partial charge in [0.25, 0.3) is 0 Å². The third-order valence-electron chi connectivity index (χ3n) is 4.26. The molecule has 112 valence electrons. The van der Waals surface area contributed by atoms with E-state index in [0.29, 0.717) is 19.2 Å². The Labute approximate surface area is 120 Å². The van der Waals surface area contributed by atoms with Gasteiger partial charge in [0.1, 0.15) is 18.2 Å². The van der Waals surface area contributed by atoms with E-state index in [4.69, 9.17) is 10.5 Å². The number of nitrogens with two attached hydrogens (primary N) is 1. The lowest BCUT2D eigenvalue weighted by Gasteiger charge is -2.38. The van der Waals surface area contributed by atoms with Crippen molar-refractivity contribution >= 4 is 0 Å². The number of hydrogen-bond acceptors (Lipinski definition) is 3. The van der Waals surface area contributed by atoms with Crippen molar-refractivity contribution in [2.75, 3.05) is 26.2 Å². The number of ether oxygens (including phenoxy) is 1. The molecule has 1 fully saturated rings. The number of benzene rings is 1. The molecule has 0 bridgehead atoms. The lowest BCUT2D eigenvalue weighted by molar-refractivity contribution is 0.0969. The molecule has 1 aliphatic rings. The van der Waals surface area contributed by atoms with Gasteiger partial charge in [-0.05, 0) is 49.6 Å². The third kappa shape index (κ3) is 4.18. The zero-order valence-corrected chi connectivity index (χ0v) is 12.2. The molecule has 0 aliphatic carbocycles. The Morgan fingerprint density at radius 3 is 2.75 bits per heavy atom. The molecule has 0 radical (unpaired) electrons. The molecule has 1 aromatic rings. The Bertz CT molecular complexity index is 396. The van der Waals surface area contributed by atoms with Crippen molar-refractivity contribution in [1.82, 2.24) is 4.90 Å². The van der Waals surface area contributed by atoms with Crippen LogP contribution in [-0.2, 0) is 0 Å². The van der Waals surface area contributed by atoms with E-state index in [1.807, 2.05) is 0 Å². The van der Waals surface area contributed by atoms with Gasteiger partial charge in [0.15, 0.2) is 0 Å². The van der Waals surface area contributed by atoms with Gasteiger partial charge in [0.05, 0.1) is 0 Å². The van der Waals surface area contributed by atoms with Crippen LogP contribution in [0.15, 0.2) is 24.3 Å². The van der Waals surface area contributed by atoms with Crippen molar-refractivity contribution in [2.45, 2.75) is 32.2 Å². The van der Waals surface area contributed by atoms with Gasteiger partial charge in [-0.25, -0.2) is 4.39 Å². The largest absolute Gasteiger partial charge is 0.492 e. The Morgan fingerprint density at radius 1 is 1.35 bits per heavy atom. The highest BCUT2D eigenvalue weighted by Crippen LogP contribution is 2.24. The summed E-state index contributed by atoms with van der Waals surface area (Å²) in [6, 6.07) is 6.65. The van der Waals surface area contributed by atoms with Crippen molar-refractivity contribution in [2.24, 2.45) is 11.7 Å². The number of nitrogens with zero attached hydrogens (tertiary/aromatic N) is 1. The molecule has 1 saturated heterocycles. The molecule has 1 heterocycles. The number of hydrogen-bond donors (Lipinski definition) is 1. The molecule has 1 aliphatic heterocycles. The first-order valence-corrected chi connectivity index (χ1v) is 7.55. The zero-order valence-electron chi connectivity index (χ0n) is 12.2. The van der Waals surface area contributed by atoms with E-state index < -0.39 is 0 Å². The molecule has 1 aromatic carbocycles. The molecule has 0 saturated carbocycles.